The van der Waals surface area contributed by atoms with Crippen molar-refractivity contribution >= 4 is 10.0 Å². The maximum absolute atomic E-state index is 13.4. The summed E-state index contributed by atoms with van der Waals surface area (Å²) in [6, 6.07) is 4.35. The van der Waals surface area contributed by atoms with Gasteiger partial charge in [-0.2, -0.15) is 0 Å². The molecule has 0 saturated heterocycles. The number of primary sulfonamides is 1. The van der Waals surface area contributed by atoms with Crippen LogP contribution in [0.4, 0.5) is 8.78 Å². The fraction of sp³-hybridized carbons (Fsp3) is 0.571. The largest absolute Gasteiger partial charge is 0.497 e. The number of rotatable bonds is 8. The standard InChI is InChI=1S/C14H21F2NO3S/c1-3-8-14(15,16)9-4-5-11-10-12(20-2)6-7-13(11)21(17,18)19/h6-7,10H,3-5,8-9H2,1-2H3,(H2,17,18,19). The summed E-state index contributed by atoms with van der Waals surface area (Å²) in [6.07, 6.45) is 0.370. The lowest BCUT2D eigenvalue weighted by atomic mass is 10.0. The van der Waals surface area contributed by atoms with Gasteiger partial charge in [-0.25, -0.2) is 22.3 Å². The number of methoxy groups -OCH3 is 1. The molecular formula is C14H21F2NO3S. The maximum Gasteiger partial charge on any atom is 0.248 e. The number of benzene rings is 1. The van der Waals surface area contributed by atoms with E-state index in [4.69, 9.17) is 9.88 Å². The summed E-state index contributed by atoms with van der Waals surface area (Å²) in [4.78, 5) is -0.0397. The first-order chi connectivity index (χ1) is 9.69. The molecule has 120 valence electrons. The van der Waals surface area contributed by atoms with Gasteiger partial charge in [0.05, 0.1) is 12.0 Å². The van der Waals surface area contributed by atoms with Gasteiger partial charge in [0.15, 0.2) is 0 Å². The van der Waals surface area contributed by atoms with Crippen LogP contribution in [0.25, 0.3) is 0 Å². The molecule has 0 aliphatic carbocycles. The monoisotopic (exact) mass is 321 g/mol. The first-order valence-corrected chi connectivity index (χ1v) is 8.32. The second-order valence-electron chi connectivity index (χ2n) is 4.98. The van der Waals surface area contributed by atoms with Crippen LogP contribution in [-0.4, -0.2) is 21.5 Å². The van der Waals surface area contributed by atoms with Gasteiger partial charge in [0.25, 0.3) is 0 Å². The Balaban J connectivity index is 2.86. The highest BCUT2D eigenvalue weighted by Gasteiger charge is 2.27. The number of nitrogens with two attached hydrogens (primary N) is 1. The molecule has 0 aliphatic rings. The summed E-state index contributed by atoms with van der Waals surface area (Å²) in [5.41, 5.74) is 0.407. The summed E-state index contributed by atoms with van der Waals surface area (Å²) in [7, 11) is -2.43. The van der Waals surface area contributed by atoms with Crippen LogP contribution in [0.15, 0.2) is 23.1 Å². The quantitative estimate of drug-likeness (QED) is 0.800. The Morgan fingerprint density at radius 1 is 1.29 bits per heavy atom. The fourth-order valence-electron chi connectivity index (χ4n) is 2.18. The Bertz CT molecular complexity index is 574. The van der Waals surface area contributed by atoms with E-state index in [1.54, 1.807) is 6.92 Å². The van der Waals surface area contributed by atoms with E-state index in [0.717, 1.165) is 0 Å². The summed E-state index contributed by atoms with van der Waals surface area (Å²) in [6.45, 7) is 1.70. The van der Waals surface area contributed by atoms with Gasteiger partial charge < -0.3 is 4.74 Å². The van der Waals surface area contributed by atoms with Gasteiger partial charge in [-0.05, 0) is 36.6 Å². The number of hydrogen-bond acceptors (Lipinski definition) is 3. The molecule has 1 rings (SSSR count). The third-order valence-electron chi connectivity index (χ3n) is 3.18. The first kappa shape index (κ1) is 17.8. The molecule has 0 amide bonds. The predicted octanol–water partition coefficient (Wildman–Crippen LogP) is 3.10. The van der Waals surface area contributed by atoms with Crippen molar-refractivity contribution in [2.45, 2.75) is 49.8 Å². The van der Waals surface area contributed by atoms with E-state index in [1.807, 2.05) is 0 Å². The van der Waals surface area contributed by atoms with Gasteiger partial charge in [-0.3, -0.25) is 0 Å². The van der Waals surface area contributed by atoms with Crippen molar-refractivity contribution in [2.75, 3.05) is 7.11 Å². The van der Waals surface area contributed by atoms with Crippen molar-refractivity contribution in [3.8, 4) is 5.75 Å². The molecule has 0 unspecified atom stereocenters. The van der Waals surface area contributed by atoms with E-state index in [2.05, 4.69) is 0 Å². The number of aryl methyl sites for hydroxylation is 1. The zero-order valence-electron chi connectivity index (χ0n) is 12.2. The highest BCUT2D eigenvalue weighted by atomic mass is 32.2. The number of hydrogen-bond donors (Lipinski definition) is 1. The van der Waals surface area contributed by atoms with Gasteiger partial charge in [0, 0.05) is 12.8 Å². The van der Waals surface area contributed by atoms with Crippen LogP contribution in [0.3, 0.4) is 0 Å². The van der Waals surface area contributed by atoms with Gasteiger partial charge >= 0.3 is 0 Å². The smallest absolute Gasteiger partial charge is 0.248 e. The highest BCUT2D eigenvalue weighted by Crippen LogP contribution is 2.28. The Hall–Kier alpha value is -1.21. The van der Waals surface area contributed by atoms with Crippen LogP contribution in [0.2, 0.25) is 0 Å². The van der Waals surface area contributed by atoms with Crippen LogP contribution < -0.4 is 9.88 Å². The average Bonchev–Trinajstić information content (AvgIpc) is 2.36. The zero-order chi connectivity index (χ0) is 16.1. The van der Waals surface area contributed by atoms with E-state index in [1.165, 1.54) is 25.3 Å². The number of alkyl halides is 2. The lowest BCUT2D eigenvalue weighted by Crippen LogP contribution is -2.17. The molecule has 0 aliphatic heterocycles. The minimum Gasteiger partial charge on any atom is -0.497 e. The van der Waals surface area contributed by atoms with Crippen molar-refractivity contribution in [1.82, 2.24) is 0 Å². The molecule has 1 aromatic rings. The molecule has 4 nitrogen and oxygen atoms in total. The molecule has 21 heavy (non-hydrogen) atoms. The molecule has 0 radical (unpaired) electrons. The van der Waals surface area contributed by atoms with E-state index in [-0.39, 0.29) is 30.6 Å². The summed E-state index contributed by atoms with van der Waals surface area (Å²) < 4.78 is 54.9. The molecule has 2 N–H and O–H groups in total. The molecule has 0 atom stereocenters. The van der Waals surface area contributed by atoms with E-state index >= 15 is 0 Å². The predicted molar refractivity (Wildman–Crippen MR) is 77.2 cm³/mol. The van der Waals surface area contributed by atoms with Crippen LogP contribution in [0.1, 0.15) is 38.2 Å². The Labute approximate surface area is 124 Å². The first-order valence-electron chi connectivity index (χ1n) is 6.77. The molecular weight excluding hydrogens is 300 g/mol. The molecule has 7 heteroatoms. The normalized spacial score (nSPS) is 12.4. The SMILES string of the molecule is CCCC(F)(F)CCCc1cc(OC)ccc1S(N)(=O)=O. The Morgan fingerprint density at radius 3 is 2.48 bits per heavy atom. The summed E-state index contributed by atoms with van der Waals surface area (Å²) in [5, 5.41) is 5.14. The Kier molecular flexibility index (Phi) is 6.10. The number of halogens is 2. The minimum absolute atomic E-state index is 0.0397. The van der Waals surface area contributed by atoms with Gasteiger partial charge in [0.1, 0.15) is 5.75 Å². The third-order valence-corrected chi connectivity index (χ3v) is 4.19. The maximum atomic E-state index is 13.4. The molecule has 0 saturated carbocycles. The summed E-state index contributed by atoms with van der Waals surface area (Å²) >= 11 is 0. The van der Waals surface area contributed by atoms with Crippen molar-refractivity contribution < 1.29 is 21.9 Å². The second-order valence-corrected chi connectivity index (χ2v) is 6.51. The Morgan fingerprint density at radius 2 is 1.95 bits per heavy atom. The molecule has 0 fully saturated rings. The average molecular weight is 321 g/mol. The molecule has 1 aromatic carbocycles. The van der Waals surface area contributed by atoms with E-state index < -0.39 is 15.9 Å². The van der Waals surface area contributed by atoms with Crippen LogP contribution in [-0.2, 0) is 16.4 Å². The van der Waals surface area contributed by atoms with Crippen LogP contribution in [0.5, 0.6) is 5.75 Å². The van der Waals surface area contributed by atoms with E-state index in [9.17, 15) is 17.2 Å². The number of sulfonamides is 1. The molecule has 0 spiro atoms. The third kappa shape index (κ3) is 5.59. The zero-order valence-corrected chi connectivity index (χ0v) is 13.1. The van der Waals surface area contributed by atoms with Gasteiger partial charge in [0.2, 0.25) is 15.9 Å². The van der Waals surface area contributed by atoms with Crippen LogP contribution >= 0.6 is 0 Å². The number of ether oxygens (including phenoxy) is 1. The van der Waals surface area contributed by atoms with Crippen molar-refractivity contribution in [3.63, 3.8) is 0 Å². The lowest BCUT2D eigenvalue weighted by molar-refractivity contribution is -0.0183. The molecule has 0 heterocycles. The fourth-order valence-corrected chi connectivity index (χ4v) is 2.97. The topological polar surface area (TPSA) is 69.4 Å². The van der Waals surface area contributed by atoms with Crippen molar-refractivity contribution in [1.29, 1.82) is 0 Å². The summed E-state index contributed by atoms with van der Waals surface area (Å²) in [5.74, 6) is -2.24. The van der Waals surface area contributed by atoms with E-state index in [0.29, 0.717) is 17.7 Å². The van der Waals surface area contributed by atoms with Gasteiger partial charge in [-0.15, -0.1) is 0 Å². The minimum atomic E-state index is -3.88. The van der Waals surface area contributed by atoms with Crippen molar-refractivity contribution in [3.05, 3.63) is 23.8 Å². The van der Waals surface area contributed by atoms with Gasteiger partial charge in [-0.1, -0.05) is 13.3 Å². The second kappa shape index (κ2) is 7.17. The molecule has 0 bridgehead atoms. The molecule has 0 aromatic heterocycles. The lowest BCUT2D eigenvalue weighted by Gasteiger charge is -2.16. The highest BCUT2D eigenvalue weighted by molar-refractivity contribution is 7.89. The van der Waals surface area contributed by atoms with Crippen LogP contribution in [0, 0.1) is 0 Å². The van der Waals surface area contributed by atoms with Crippen molar-refractivity contribution in [2.24, 2.45) is 5.14 Å².